The van der Waals surface area contributed by atoms with E-state index in [9.17, 15) is 0 Å². The second kappa shape index (κ2) is 9.63. The minimum absolute atomic E-state index is 0.460. The maximum atomic E-state index is 5.99. The largest absolute Gasteiger partial charge is 0.411 e. The van der Waals surface area contributed by atoms with Crippen molar-refractivity contribution in [2.75, 3.05) is 26.3 Å². The molecule has 170 valence electrons. The molecule has 0 amide bonds. The van der Waals surface area contributed by atoms with Gasteiger partial charge in [0.2, 0.25) is 5.89 Å². The highest BCUT2D eigenvalue weighted by Crippen LogP contribution is 2.40. The number of rotatable bonds is 6. The first-order chi connectivity index (χ1) is 16.8. The fraction of sp³-hybridized carbons (Fsp3) is 0.200. The van der Waals surface area contributed by atoms with Gasteiger partial charge in [-0.05, 0) is 29.5 Å². The highest BCUT2D eigenvalue weighted by Gasteiger charge is 2.21. The third-order valence-corrected chi connectivity index (χ3v) is 7.31. The fourth-order valence-electron chi connectivity index (χ4n) is 3.92. The van der Waals surface area contributed by atoms with E-state index in [1.54, 1.807) is 11.3 Å². The molecule has 1 aliphatic rings. The van der Waals surface area contributed by atoms with Gasteiger partial charge in [0.05, 0.1) is 25.1 Å². The van der Waals surface area contributed by atoms with Crippen LogP contribution < -0.4 is 0 Å². The van der Waals surface area contributed by atoms with E-state index in [1.165, 1.54) is 11.8 Å². The molecular formula is C25H21N5O2S2. The summed E-state index contributed by atoms with van der Waals surface area (Å²) >= 11 is 3.03. The monoisotopic (exact) mass is 487 g/mol. The summed E-state index contributed by atoms with van der Waals surface area (Å²) in [6, 6.07) is 20.1. The molecule has 4 heterocycles. The maximum Gasteiger partial charge on any atom is 0.283 e. The number of thiophene rings is 1. The lowest BCUT2D eigenvalue weighted by Gasteiger charge is -2.25. The van der Waals surface area contributed by atoms with E-state index in [-0.39, 0.29) is 0 Å². The van der Waals surface area contributed by atoms with Crippen molar-refractivity contribution in [1.82, 2.24) is 25.1 Å². The number of hydrogen-bond acceptors (Lipinski definition) is 9. The van der Waals surface area contributed by atoms with Gasteiger partial charge in [0, 0.05) is 29.6 Å². The van der Waals surface area contributed by atoms with Gasteiger partial charge in [-0.3, -0.25) is 4.90 Å². The van der Waals surface area contributed by atoms with Gasteiger partial charge in [0.25, 0.3) is 5.22 Å². The molecule has 9 heteroatoms. The Morgan fingerprint density at radius 3 is 2.38 bits per heavy atom. The van der Waals surface area contributed by atoms with Crippen molar-refractivity contribution in [3.63, 3.8) is 0 Å². The quantitative estimate of drug-likeness (QED) is 0.295. The molecule has 3 aromatic heterocycles. The minimum atomic E-state index is 0.460. The van der Waals surface area contributed by atoms with Gasteiger partial charge in [-0.1, -0.05) is 48.5 Å². The van der Waals surface area contributed by atoms with E-state index >= 15 is 0 Å². The third-order valence-electron chi connectivity index (χ3n) is 5.61. The zero-order valence-electron chi connectivity index (χ0n) is 18.3. The average molecular weight is 488 g/mol. The first-order valence-electron chi connectivity index (χ1n) is 11.0. The Morgan fingerprint density at radius 1 is 0.882 bits per heavy atom. The SMILES string of the molecule is c1ccc(-c2nnc(Sc3nc(CN4CCOCC4)nc4scc(-c5ccccc5)c34)o2)cc1. The molecule has 0 saturated carbocycles. The zero-order chi connectivity index (χ0) is 22.7. The third kappa shape index (κ3) is 4.47. The van der Waals surface area contributed by atoms with Crippen LogP contribution in [0.1, 0.15) is 5.82 Å². The molecule has 7 nitrogen and oxygen atoms in total. The van der Waals surface area contributed by atoms with E-state index in [2.05, 4.69) is 32.6 Å². The van der Waals surface area contributed by atoms with E-state index in [1.807, 2.05) is 48.5 Å². The van der Waals surface area contributed by atoms with E-state index in [0.29, 0.717) is 17.7 Å². The van der Waals surface area contributed by atoms with E-state index < -0.39 is 0 Å². The van der Waals surface area contributed by atoms with Crippen molar-refractivity contribution in [2.24, 2.45) is 0 Å². The van der Waals surface area contributed by atoms with Gasteiger partial charge in [-0.25, -0.2) is 9.97 Å². The number of ether oxygens (including phenoxy) is 1. The highest BCUT2D eigenvalue weighted by atomic mass is 32.2. The van der Waals surface area contributed by atoms with Gasteiger partial charge in [0.1, 0.15) is 15.7 Å². The topological polar surface area (TPSA) is 77.2 Å². The zero-order valence-corrected chi connectivity index (χ0v) is 19.9. The molecule has 0 unspecified atom stereocenters. The lowest BCUT2D eigenvalue weighted by molar-refractivity contribution is 0.0330. The normalized spacial score (nSPS) is 14.6. The predicted octanol–water partition coefficient (Wildman–Crippen LogP) is 5.39. The van der Waals surface area contributed by atoms with Crippen molar-refractivity contribution < 1.29 is 9.15 Å². The smallest absolute Gasteiger partial charge is 0.283 e. The minimum Gasteiger partial charge on any atom is -0.411 e. The van der Waals surface area contributed by atoms with Crippen LogP contribution in [0.25, 0.3) is 32.8 Å². The molecule has 5 aromatic rings. The Kier molecular flexibility index (Phi) is 6.07. The van der Waals surface area contributed by atoms with Crippen LogP contribution in [0.2, 0.25) is 0 Å². The summed E-state index contributed by atoms with van der Waals surface area (Å²) in [5, 5.41) is 13.0. The van der Waals surface area contributed by atoms with Crippen LogP contribution >= 0.6 is 23.1 Å². The average Bonchev–Trinajstić information content (AvgIpc) is 3.53. The number of benzene rings is 2. The molecule has 0 spiro atoms. The van der Waals surface area contributed by atoms with Crippen molar-refractivity contribution in [1.29, 1.82) is 0 Å². The Hall–Kier alpha value is -3.11. The maximum absolute atomic E-state index is 5.99. The van der Waals surface area contributed by atoms with Gasteiger partial charge < -0.3 is 9.15 Å². The van der Waals surface area contributed by atoms with Gasteiger partial charge in [0.15, 0.2) is 0 Å². The molecule has 0 radical (unpaired) electrons. The van der Waals surface area contributed by atoms with Crippen LogP contribution in [0.15, 0.2) is 80.7 Å². The van der Waals surface area contributed by atoms with Crippen molar-refractivity contribution in [2.45, 2.75) is 16.8 Å². The van der Waals surface area contributed by atoms with E-state index in [4.69, 9.17) is 19.1 Å². The molecule has 0 atom stereocenters. The van der Waals surface area contributed by atoms with Crippen LogP contribution in [0.3, 0.4) is 0 Å². The van der Waals surface area contributed by atoms with Crippen molar-refractivity contribution in [3.05, 3.63) is 71.9 Å². The fourth-order valence-corrected chi connectivity index (χ4v) is 5.78. The van der Waals surface area contributed by atoms with Gasteiger partial charge in [-0.2, -0.15) is 0 Å². The molecule has 1 saturated heterocycles. The summed E-state index contributed by atoms with van der Waals surface area (Å²) in [7, 11) is 0. The number of hydrogen-bond donors (Lipinski definition) is 0. The first-order valence-corrected chi connectivity index (χ1v) is 12.7. The summed E-state index contributed by atoms with van der Waals surface area (Å²) < 4.78 is 11.5. The number of morpholine rings is 1. The van der Waals surface area contributed by atoms with Crippen LogP contribution in [0.4, 0.5) is 0 Å². The lowest BCUT2D eigenvalue weighted by atomic mass is 10.1. The molecule has 0 bridgehead atoms. The number of aromatic nitrogens is 4. The molecule has 0 aliphatic carbocycles. The second-order valence-electron chi connectivity index (χ2n) is 7.87. The molecule has 2 aromatic carbocycles. The van der Waals surface area contributed by atoms with E-state index in [0.717, 1.165) is 64.1 Å². The molecule has 1 fully saturated rings. The van der Waals surface area contributed by atoms with Gasteiger partial charge in [-0.15, -0.1) is 21.5 Å². The summed E-state index contributed by atoms with van der Waals surface area (Å²) in [6.07, 6.45) is 0. The highest BCUT2D eigenvalue weighted by molar-refractivity contribution is 7.99. The number of fused-ring (bicyclic) bond motifs is 1. The molecule has 1 aliphatic heterocycles. The number of nitrogens with zero attached hydrogens (tertiary/aromatic N) is 5. The Morgan fingerprint density at radius 2 is 1.62 bits per heavy atom. The molecule has 6 rings (SSSR count). The standard InChI is InChI=1S/C25H21N5O2S2/c1-3-7-17(8-4-1)19-16-33-23-21(19)24(27-20(26-23)15-30-11-13-31-14-12-30)34-25-29-28-22(32-25)18-9-5-2-6-10-18/h1-10,16H,11-15H2. The molecule has 34 heavy (non-hydrogen) atoms. The summed E-state index contributed by atoms with van der Waals surface area (Å²) in [5.41, 5.74) is 3.14. The molecule has 0 N–H and O–H groups in total. The summed E-state index contributed by atoms with van der Waals surface area (Å²) in [4.78, 5) is 13.2. The van der Waals surface area contributed by atoms with Crippen LogP contribution in [-0.4, -0.2) is 51.4 Å². The summed E-state index contributed by atoms with van der Waals surface area (Å²) in [5.74, 6) is 1.29. The summed E-state index contributed by atoms with van der Waals surface area (Å²) in [6.45, 7) is 3.93. The van der Waals surface area contributed by atoms with Crippen LogP contribution in [0, 0.1) is 0 Å². The predicted molar refractivity (Wildman–Crippen MR) is 133 cm³/mol. The Bertz CT molecular complexity index is 1400. The van der Waals surface area contributed by atoms with Crippen LogP contribution in [0.5, 0.6) is 0 Å². The Labute approximate surface area is 204 Å². The van der Waals surface area contributed by atoms with Gasteiger partial charge >= 0.3 is 0 Å². The van der Waals surface area contributed by atoms with Crippen molar-refractivity contribution >= 4 is 33.3 Å². The van der Waals surface area contributed by atoms with Crippen molar-refractivity contribution in [3.8, 4) is 22.6 Å². The van der Waals surface area contributed by atoms with Crippen LogP contribution in [-0.2, 0) is 11.3 Å². The lowest BCUT2D eigenvalue weighted by Crippen LogP contribution is -2.36. The Balaban J connectivity index is 1.40. The molecular weight excluding hydrogens is 466 g/mol. The second-order valence-corrected chi connectivity index (χ2v) is 9.67. The first kappa shape index (κ1) is 21.4.